The topological polar surface area (TPSA) is 102 Å². The van der Waals surface area contributed by atoms with Gasteiger partial charge in [0.1, 0.15) is 0 Å². The normalized spacial score (nSPS) is 14.7. The number of benzene rings is 2. The lowest BCUT2D eigenvalue weighted by molar-refractivity contribution is 0.0980. The van der Waals surface area contributed by atoms with Gasteiger partial charge in [-0.05, 0) is 25.2 Å². The minimum absolute atomic E-state index is 0.0506. The number of likely N-dealkylation sites (N-methyl/N-ethyl adjacent to an activating group) is 1. The number of fused-ring (bicyclic) bond motifs is 2. The van der Waals surface area contributed by atoms with Crippen LogP contribution in [0, 0.1) is 0 Å². The SMILES string of the molecule is CCN(CC)C[C@@H](O)CNc1ccc(NC[C@@H](O)CCl)c2c1C(=O)c1ccccc1C2=O. The summed E-state index contributed by atoms with van der Waals surface area (Å²) in [6.45, 7) is 6.64. The number of nitrogens with one attached hydrogen (secondary N) is 2. The number of ketones is 2. The monoisotopic (exact) mass is 459 g/mol. The fourth-order valence-electron chi connectivity index (χ4n) is 3.87. The molecule has 0 aromatic heterocycles. The summed E-state index contributed by atoms with van der Waals surface area (Å²) in [6, 6.07) is 10.2. The Bertz CT molecular complexity index is 978. The molecule has 2 atom stereocenters. The predicted molar refractivity (Wildman–Crippen MR) is 127 cm³/mol. The fourth-order valence-corrected chi connectivity index (χ4v) is 3.98. The van der Waals surface area contributed by atoms with Crippen molar-refractivity contribution < 1.29 is 19.8 Å². The fraction of sp³-hybridized carbons (Fsp3) is 0.417. The molecule has 0 radical (unpaired) electrons. The summed E-state index contributed by atoms with van der Waals surface area (Å²) in [6.07, 6.45) is -1.43. The van der Waals surface area contributed by atoms with Crippen molar-refractivity contribution in [2.45, 2.75) is 26.1 Å². The molecule has 172 valence electrons. The summed E-state index contributed by atoms with van der Waals surface area (Å²) < 4.78 is 0. The van der Waals surface area contributed by atoms with Crippen LogP contribution in [0.15, 0.2) is 36.4 Å². The standard InChI is InChI=1S/C24H30ClN3O4/c1-3-28(4-2)14-16(30)13-27-20-10-9-19(26-12-15(29)11-25)21-22(20)24(32)18-8-6-5-7-17(18)23(21)31/h5-10,15-16,26-27,29-30H,3-4,11-14H2,1-2H3/t15-,16-/m0/s1. The Kier molecular flexibility index (Phi) is 8.26. The van der Waals surface area contributed by atoms with E-state index in [2.05, 4.69) is 15.5 Å². The number of carbonyl (C=O) groups is 2. The summed E-state index contributed by atoms with van der Waals surface area (Å²) >= 11 is 5.69. The third-order valence-electron chi connectivity index (χ3n) is 5.67. The molecule has 7 nitrogen and oxygen atoms in total. The van der Waals surface area contributed by atoms with Crippen LogP contribution in [0.25, 0.3) is 0 Å². The van der Waals surface area contributed by atoms with Gasteiger partial charge in [-0.15, -0.1) is 11.6 Å². The zero-order chi connectivity index (χ0) is 23.3. The Labute approximate surface area is 193 Å². The highest BCUT2D eigenvalue weighted by Gasteiger charge is 2.34. The summed E-state index contributed by atoms with van der Waals surface area (Å²) in [4.78, 5) is 28.8. The molecule has 0 saturated carbocycles. The molecule has 0 unspecified atom stereocenters. The summed E-state index contributed by atoms with van der Waals surface area (Å²) in [7, 11) is 0. The van der Waals surface area contributed by atoms with Crippen LogP contribution in [0.5, 0.6) is 0 Å². The molecule has 0 spiro atoms. The number of carbonyl (C=O) groups excluding carboxylic acids is 2. The number of nitrogens with zero attached hydrogens (tertiary/aromatic N) is 1. The highest BCUT2D eigenvalue weighted by molar-refractivity contribution is 6.31. The maximum absolute atomic E-state index is 13.4. The van der Waals surface area contributed by atoms with E-state index in [9.17, 15) is 19.8 Å². The van der Waals surface area contributed by atoms with Gasteiger partial charge in [-0.1, -0.05) is 38.1 Å². The molecule has 0 heterocycles. The first kappa shape index (κ1) is 24.2. The van der Waals surface area contributed by atoms with Crippen LogP contribution in [0.2, 0.25) is 0 Å². The second-order valence-electron chi connectivity index (χ2n) is 7.82. The van der Waals surface area contributed by atoms with Crippen molar-refractivity contribution in [3.63, 3.8) is 0 Å². The molecule has 0 fully saturated rings. The number of aliphatic hydroxyl groups is 2. The van der Waals surface area contributed by atoms with Gasteiger partial charge in [0.25, 0.3) is 0 Å². The van der Waals surface area contributed by atoms with Gasteiger partial charge >= 0.3 is 0 Å². The van der Waals surface area contributed by atoms with E-state index in [4.69, 9.17) is 11.6 Å². The van der Waals surface area contributed by atoms with E-state index in [0.29, 0.717) is 29.0 Å². The van der Waals surface area contributed by atoms with E-state index in [1.807, 2.05) is 13.8 Å². The van der Waals surface area contributed by atoms with Crippen LogP contribution in [0.3, 0.4) is 0 Å². The molecular weight excluding hydrogens is 430 g/mol. The summed E-state index contributed by atoms with van der Waals surface area (Å²) in [5.74, 6) is -0.461. The molecule has 2 aromatic rings. The quantitative estimate of drug-likeness (QED) is 0.327. The van der Waals surface area contributed by atoms with Gasteiger partial charge in [0, 0.05) is 42.1 Å². The average molecular weight is 460 g/mol. The van der Waals surface area contributed by atoms with Crippen molar-refractivity contribution in [2.75, 3.05) is 49.2 Å². The number of alkyl halides is 1. The van der Waals surface area contributed by atoms with Gasteiger partial charge in [0.2, 0.25) is 0 Å². The molecule has 0 amide bonds. The Hall–Kier alpha value is -2.45. The number of hydrogen-bond donors (Lipinski definition) is 4. The van der Waals surface area contributed by atoms with Gasteiger partial charge in [0.05, 0.1) is 29.2 Å². The molecule has 2 aromatic carbocycles. The second kappa shape index (κ2) is 10.9. The van der Waals surface area contributed by atoms with Gasteiger partial charge in [-0.3, -0.25) is 9.59 Å². The van der Waals surface area contributed by atoms with Crippen molar-refractivity contribution in [1.29, 1.82) is 0 Å². The number of halogens is 1. The Morgan fingerprint density at radius 1 is 0.844 bits per heavy atom. The van der Waals surface area contributed by atoms with Gasteiger partial charge in [-0.2, -0.15) is 0 Å². The van der Waals surface area contributed by atoms with Crippen molar-refractivity contribution >= 4 is 34.5 Å². The first-order chi connectivity index (χ1) is 15.4. The minimum atomic E-state index is -0.790. The van der Waals surface area contributed by atoms with Gasteiger partial charge < -0.3 is 25.7 Å². The van der Waals surface area contributed by atoms with Gasteiger partial charge in [-0.25, -0.2) is 0 Å². The number of aliphatic hydroxyl groups excluding tert-OH is 2. The molecule has 8 heteroatoms. The molecule has 4 N–H and O–H groups in total. The smallest absolute Gasteiger partial charge is 0.196 e. The third kappa shape index (κ3) is 5.13. The predicted octanol–water partition coefficient (Wildman–Crippen LogP) is 2.59. The molecule has 0 aliphatic heterocycles. The lowest BCUT2D eigenvalue weighted by Gasteiger charge is -2.26. The Morgan fingerprint density at radius 3 is 1.75 bits per heavy atom. The van der Waals surface area contributed by atoms with Crippen LogP contribution < -0.4 is 10.6 Å². The molecule has 1 aliphatic carbocycles. The third-order valence-corrected chi connectivity index (χ3v) is 6.03. The molecule has 1 aliphatic rings. The maximum atomic E-state index is 13.4. The number of anilines is 2. The highest BCUT2D eigenvalue weighted by atomic mass is 35.5. The van der Waals surface area contributed by atoms with Crippen molar-refractivity contribution in [3.05, 3.63) is 58.7 Å². The first-order valence-electron chi connectivity index (χ1n) is 10.9. The Balaban J connectivity index is 1.94. The van der Waals surface area contributed by atoms with Crippen LogP contribution in [0.1, 0.15) is 45.7 Å². The molecule has 0 bridgehead atoms. The van der Waals surface area contributed by atoms with Crippen LogP contribution >= 0.6 is 11.6 Å². The van der Waals surface area contributed by atoms with E-state index in [0.717, 1.165) is 13.1 Å². The van der Waals surface area contributed by atoms with E-state index >= 15 is 0 Å². The van der Waals surface area contributed by atoms with Crippen LogP contribution in [-0.4, -0.2) is 77.5 Å². The number of hydrogen-bond acceptors (Lipinski definition) is 7. The highest BCUT2D eigenvalue weighted by Crippen LogP contribution is 2.36. The molecule has 3 rings (SSSR count). The lowest BCUT2D eigenvalue weighted by atomic mass is 9.82. The molecule has 32 heavy (non-hydrogen) atoms. The van der Waals surface area contributed by atoms with Crippen LogP contribution in [-0.2, 0) is 0 Å². The molecular formula is C24H30ClN3O4. The van der Waals surface area contributed by atoms with Gasteiger partial charge in [0.15, 0.2) is 11.6 Å². The van der Waals surface area contributed by atoms with E-state index in [1.165, 1.54) is 0 Å². The van der Waals surface area contributed by atoms with E-state index in [1.54, 1.807) is 36.4 Å². The Morgan fingerprint density at radius 2 is 1.31 bits per heavy atom. The largest absolute Gasteiger partial charge is 0.390 e. The average Bonchev–Trinajstić information content (AvgIpc) is 2.82. The molecule has 0 saturated heterocycles. The zero-order valence-electron chi connectivity index (χ0n) is 18.4. The zero-order valence-corrected chi connectivity index (χ0v) is 19.2. The lowest BCUT2D eigenvalue weighted by Crippen LogP contribution is -2.36. The first-order valence-corrected chi connectivity index (χ1v) is 11.4. The minimum Gasteiger partial charge on any atom is -0.390 e. The number of rotatable bonds is 11. The van der Waals surface area contributed by atoms with E-state index < -0.39 is 12.2 Å². The van der Waals surface area contributed by atoms with Crippen LogP contribution in [0.4, 0.5) is 11.4 Å². The maximum Gasteiger partial charge on any atom is 0.196 e. The second-order valence-corrected chi connectivity index (χ2v) is 8.13. The van der Waals surface area contributed by atoms with Crippen molar-refractivity contribution in [1.82, 2.24) is 4.90 Å². The summed E-state index contributed by atoms with van der Waals surface area (Å²) in [5.41, 5.74) is 2.20. The van der Waals surface area contributed by atoms with Crippen molar-refractivity contribution in [2.24, 2.45) is 0 Å². The van der Waals surface area contributed by atoms with Crippen molar-refractivity contribution in [3.8, 4) is 0 Å². The summed E-state index contributed by atoms with van der Waals surface area (Å²) in [5, 5.41) is 26.5. The van der Waals surface area contributed by atoms with E-state index in [-0.39, 0.29) is 41.7 Å².